The van der Waals surface area contributed by atoms with Crippen LogP contribution in [-0.2, 0) is 6.42 Å². The van der Waals surface area contributed by atoms with Gasteiger partial charge in [-0.25, -0.2) is 0 Å². The summed E-state index contributed by atoms with van der Waals surface area (Å²) in [6, 6.07) is 17.4. The number of benzene rings is 2. The van der Waals surface area contributed by atoms with Gasteiger partial charge in [0.2, 0.25) is 0 Å². The Morgan fingerprint density at radius 1 is 1.06 bits per heavy atom. The molecular formula is C16H19NS. The smallest absolute Gasteiger partial charge is 0.0151 e. The van der Waals surface area contributed by atoms with Gasteiger partial charge in [-0.3, -0.25) is 0 Å². The molecule has 0 fully saturated rings. The van der Waals surface area contributed by atoms with Crippen molar-refractivity contribution in [2.45, 2.75) is 36.1 Å². The number of hydrogen-bond acceptors (Lipinski definition) is 2. The number of rotatable bonds is 4. The zero-order valence-electron chi connectivity index (χ0n) is 10.9. The van der Waals surface area contributed by atoms with Crippen LogP contribution < -0.4 is 5.73 Å². The molecule has 0 radical (unpaired) electrons. The Hall–Kier alpha value is -1.25. The van der Waals surface area contributed by atoms with E-state index in [9.17, 15) is 0 Å². The highest BCUT2D eigenvalue weighted by Crippen LogP contribution is 2.30. The summed E-state index contributed by atoms with van der Waals surface area (Å²) in [5.41, 5.74) is 8.43. The number of aryl methyl sites for hydroxylation is 1. The minimum absolute atomic E-state index is 0.222. The zero-order chi connectivity index (χ0) is 13.0. The topological polar surface area (TPSA) is 26.0 Å². The van der Waals surface area contributed by atoms with Gasteiger partial charge < -0.3 is 5.73 Å². The van der Waals surface area contributed by atoms with Gasteiger partial charge >= 0.3 is 0 Å². The summed E-state index contributed by atoms with van der Waals surface area (Å²) in [6.07, 6.45) is 0.940. The van der Waals surface area contributed by atoms with Gasteiger partial charge in [0.05, 0.1) is 0 Å². The van der Waals surface area contributed by atoms with Crippen molar-refractivity contribution in [3.8, 4) is 0 Å². The Morgan fingerprint density at radius 2 is 1.72 bits per heavy atom. The summed E-state index contributed by atoms with van der Waals surface area (Å²) in [4.78, 5) is 2.59. The molecule has 2 aromatic carbocycles. The summed E-state index contributed by atoms with van der Waals surface area (Å²) in [6.45, 7) is 4.18. The zero-order valence-corrected chi connectivity index (χ0v) is 11.7. The Labute approximate surface area is 113 Å². The molecule has 2 N–H and O–H groups in total. The van der Waals surface area contributed by atoms with E-state index in [0.717, 1.165) is 6.42 Å². The van der Waals surface area contributed by atoms with Gasteiger partial charge in [0.15, 0.2) is 0 Å². The van der Waals surface area contributed by atoms with Crippen LogP contribution in [0.3, 0.4) is 0 Å². The van der Waals surface area contributed by atoms with Crippen molar-refractivity contribution < 1.29 is 0 Å². The molecule has 0 spiro atoms. The minimum atomic E-state index is 0.222. The molecule has 0 saturated heterocycles. The van der Waals surface area contributed by atoms with E-state index in [2.05, 4.69) is 55.5 Å². The lowest BCUT2D eigenvalue weighted by Crippen LogP contribution is -2.17. The van der Waals surface area contributed by atoms with Crippen molar-refractivity contribution in [1.82, 2.24) is 0 Å². The lowest BCUT2D eigenvalue weighted by Gasteiger charge is -2.08. The van der Waals surface area contributed by atoms with Crippen LogP contribution in [0.4, 0.5) is 0 Å². The highest BCUT2D eigenvalue weighted by molar-refractivity contribution is 7.99. The average molecular weight is 257 g/mol. The first-order chi connectivity index (χ1) is 8.65. The lowest BCUT2D eigenvalue weighted by atomic mass is 10.1. The molecule has 1 atom stereocenters. The van der Waals surface area contributed by atoms with Crippen molar-refractivity contribution >= 4 is 11.8 Å². The van der Waals surface area contributed by atoms with E-state index in [-0.39, 0.29) is 6.04 Å². The van der Waals surface area contributed by atoms with E-state index in [0.29, 0.717) is 0 Å². The number of hydrogen-bond donors (Lipinski definition) is 1. The molecule has 1 unspecified atom stereocenters. The minimum Gasteiger partial charge on any atom is -0.328 e. The van der Waals surface area contributed by atoms with E-state index in [1.807, 2.05) is 18.7 Å². The van der Waals surface area contributed by atoms with E-state index in [4.69, 9.17) is 5.73 Å². The molecule has 2 heteroatoms. The molecule has 0 aliphatic rings. The molecule has 0 saturated carbocycles. The third-order valence-electron chi connectivity index (χ3n) is 2.80. The van der Waals surface area contributed by atoms with Crippen molar-refractivity contribution in [2.24, 2.45) is 5.73 Å². The average Bonchev–Trinajstić information content (AvgIpc) is 2.34. The molecule has 0 aromatic heterocycles. The fourth-order valence-corrected chi connectivity index (χ4v) is 2.77. The lowest BCUT2D eigenvalue weighted by molar-refractivity contribution is 0.737. The molecular weight excluding hydrogens is 238 g/mol. The predicted octanol–water partition coefficient (Wildman–Crippen LogP) is 4.04. The summed E-state index contributed by atoms with van der Waals surface area (Å²) in [5, 5.41) is 0. The van der Waals surface area contributed by atoms with Crippen LogP contribution in [0.5, 0.6) is 0 Å². The van der Waals surface area contributed by atoms with Crippen LogP contribution in [0, 0.1) is 6.92 Å². The first-order valence-corrected chi connectivity index (χ1v) is 7.05. The second-order valence-corrected chi connectivity index (χ2v) is 5.81. The Bertz CT molecular complexity index is 503. The maximum atomic E-state index is 5.80. The Morgan fingerprint density at radius 3 is 2.33 bits per heavy atom. The van der Waals surface area contributed by atoms with Crippen LogP contribution in [0.1, 0.15) is 18.1 Å². The van der Waals surface area contributed by atoms with Crippen LogP contribution in [-0.4, -0.2) is 6.04 Å². The summed E-state index contributed by atoms with van der Waals surface area (Å²) < 4.78 is 0. The summed E-state index contributed by atoms with van der Waals surface area (Å²) in [7, 11) is 0. The Kier molecular flexibility index (Phi) is 4.45. The van der Waals surface area contributed by atoms with E-state index in [1.165, 1.54) is 20.9 Å². The van der Waals surface area contributed by atoms with Crippen molar-refractivity contribution in [1.29, 1.82) is 0 Å². The van der Waals surface area contributed by atoms with Gasteiger partial charge in [0, 0.05) is 15.8 Å². The van der Waals surface area contributed by atoms with Gasteiger partial charge in [0.1, 0.15) is 0 Å². The molecule has 0 aliphatic carbocycles. The highest BCUT2D eigenvalue weighted by atomic mass is 32.2. The normalized spacial score (nSPS) is 12.4. The van der Waals surface area contributed by atoms with Crippen LogP contribution in [0.25, 0.3) is 0 Å². The van der Waals surface area contributed by atoms with Gasteiger partial charge in [-0.2, -0.15) is 0 Å². The maximum absolute atomic E-state index is 5.80. The molecule has 94 valence electrons. The largest absolute Gasteiger partial charge is 0.328 e. The van der Waals surface area contributed by atoms with E-state index < -0.39 is 0 Å². The van der Waals surface area contributed by atoms with Gasteiger partial charge in [-0.05, 0) is 49.6 Å². The van der Waals surface area contributed by atoms with Gasteiger partial charge in [-0.1, -0.05) is 42.1 Å². The predicted molar refractivity (Wildman–Crippen MR) is 79.1 cm³/mol. The van der Waals surface area contributed by atoms with Gasteiger partial charge in [0.25, 0.3) is 0 Å². The molecule has 2 aromatic rings. The quantitative estimate of drug-likeness (QED) is 0.894. The monoisotopic (exact) mass is 257 g/mol. The second-order valence-electron chi connectivity index (χ2n) is 4.69. The fraction of sp³-hybridized carbons (Fsp3) is 0.250. The SMILES string of the molecule is Cc1ccccc1Sc1ccc(CC(C)N)cc1. The van der Waals surface area contributed by atoms with Crippen molar-refractivity contribution in [3.05, 3.63) is 59.7 Å². The van der Waals surface area contributed by atoms with E-state index in [1.54, 1.807) is 0 Å². The molecule has 0 amide bonds. The standard InChI is InChI=1S/C16H19NS/c1-12-5-3-4-6-16(12)18-15-9-7-14(8-10-15)11-13(2)17/h3-10,13H,11,17H2,1-2H3. The van der Waals surface area contributed by atoms with E-state index >= 15 is 0 Å². The van der Waals surface area contributed by atoms with Crippen LogP contribution in [0.15, 0.2) is 58.3 Å². The Balaban J connectivity index is 2.09. The second kappa shape index (κ2) is 6.07. The molecule has 0 bridgehead atoms. The highest BCUT2D eigenvalue weighted by Gasteiger charge is 2.01. The molecule has 18 heavy (non-hydrogen) atoms. The number of nitrogens with two attached hydrogens (primary N) is 1. The molecule has 0 heterocycles. The maximum Gasteiger partial charge on any atom is 0.0151 e. The van der Waals surface area contributed by atoms with Gasteiger partial charge in [-0.15, -0.1) is 0 Å². The molecule has 0 aliphatic heterocycles. The third-order valence-corrected chi connectivity index (χ3v) is 3.99. The van der Waals surface area contributed by atoms with Crippen molar-refractivity contribution in [2.75, 3.05) is 0 Å². The molecule has 1 nitrogen and oxygen atoms in total. The molecule has 2 rings (SSSR count). The summed E-state index contributed by atoms with van der Waals surface area (Å²) in [5.74, 6) is 0. The first kappa shape index (κ1) is 13.2. The third kappa shape index (κ3) is 3.62. The van der Waals surface area contributed by atoms with Crippen LogP contribution >= 0.6 is 11.8 Å². The fourth-order valence-electron chi connectivity index (χ4n) is 1.86. The van der Waals surface area contributed by atoms with Crippen LogP contribution in [0.2, 0.25) is 0 Å². The summed E-state index contributed by atoms with van der Waals surface area (Å²) >= 11 is 1.81. The first-order valence-electron chi connectivity index (χ1n) is 6.23. The van der Waals surface area contributed by atoms with Crippen molar-refractivity contribution in [3.63, 3.8) is 0 Å².